The van der Waals surface area contributed by atoms with Crippen LogP contribution in [0.3, 0.4) is 0 Å². The van der Waals surface area contributed by atoms with E-state index >= 15 is 0 Å². The molecule has 0 saturated heterocycles. The maximum absolute atomic E-state index is 5.53. The molecule has 3 aromatic carbocycles. The van der Waals surface area contributed by atoms with Crippen LogP contribution in [0.2, 0.25) is 0 Å². The molecule has 3 aromatic rings. The minimum Gasteiger partial charge on any atom is -0.497 e. The Kier molecular flexibility index (Phi) is 6.96. The molecule has 0 saturated carbocycles. The number of benzene rings is 3. The molecule has 0 aliphatic rings. The van der Waals surface area contributed by atoms with Crippen molar-refractivity contribution < 1.29 is 14.2 Å². The highest BCUT2D eigenvalue weighted by molar-refractivity contribution is 5.70. The van der Waals surface area contributed by atoms with Crippen LogP contribution in [0.4, 0.5) is 0 Å². The van der Waals surface area contributed by atoms with Crippen LogP contribution in [0.5, 0.6) is 17.2 Å². The molecule has 0 spiro atoms. The van der Waals surface area contributed by atoms with Crippen molar-refractivity contribution in [1.29, 1.82) is 0 Å². The van der Waals surface area contributed by atoms with Crippen molar-refractivity contribution in [1.82, 2.24) is 0 Å². The number of rotatable bonds is 8. The second-order valence-corrected chi connectivity index (χ2v) is 7.10. The van der Waals surface area contributed by atoms with Crippen molar-refractivity contribution >= 4 is 12.2 Å². The number of hydrogen-bond acceptors (Lipinski definition) is 3. The molecule has 0 amide bonds. The zero-order valence-electron chi connectivity index (χ0n) is 17.5. The molecule has 0 aliphatic heterocycles. The fraction of sp³-hybridized carbons (Fsp3) is 0.231. The Balaban J connectivity index is 1.77. The van der Waals surface area contributed by atoms with Crippen LogP contribution in [0.15, 0.2) is 66.7 Å². The summed E-state index contributed by atoms with van der Waals surface area (Å²) in [5.41, 5.74) is 4.80. The molecular formula is C26H28O3. The first-order valence-corrected chi connectivity index (χ1v) is 9.75. The van der Waals surface area contributed by atoms with E-state index in [0.717, 1.165) is 34.8 Å². The maximum atomic E-state index is 5.53. The molecule has 0 aromatic heterocycles. The van der Waals surface area contributed by atoms with E-state index in [4.69, 9.17) is 14.2 Å². The van der Waals surface area contributed by atoms with Crippen molar-refractivity contribution in [3.8, 4) is 17.2 Å². The quantitative estimate of drug-likeness (QED) is 0.428. The van der Waals surface area contributed by atoms with Crippen molar-refractivity contribution in [2.75, 3.05) is 21.3 Å². The van der Waals surface area contributed by atoms with Gasteiger partial charge in [-0.1, -0.05) is 49.4 Å². The first-order chi connectivity index (χ1) is 14.1. The Morgan fingerprint density at radius 1 is 0.655 bits per heavy atom. The molecule has 150 valence electrons. The fourth-order valence-corrected chi connectivity index (χ4v) is 3.33. The third kappa shape index (κ3) is 5.64. The summed E-state index contributed by atoms with van der Waals surface area (Å²) in [6.07, 6.45) is 5.16. The Morgan fingerprint density at radius 2 is 1.21 bits per heavy atom. The van der Waals surface area contributed by atoms with Crippen molar-refractivity contribution in [3.05, 3.63) is 89.0 Å². The van der Waals surface area contributed by atoms with Gasteiger partial charge in [-0.3, -0.25) is 0 Å². The molecular weight excluding hydrogens is 360 g/mol. The lowest BCUT2D eigenvalue weighted by molar-refractivity contribution is 0.414. The maximum Gasteiger partial charge on any atom is 0.119 e. The lowest BCUT2D eigenvalue weighted by Crippen LogP contribution is -1.99. The van der Waals surface area contributed by atoms with Gasteiger partial charge in [0.05, 0.1) is 21.3 Å². The average molecular weight is 389 g/mol. The van der Waals surface area contributed by atoms with Crippen LogP contribution in [-0.2, 0) is 6.42 Å². The Bertz CT molecular complexity index is 941. The highest BCUT2D eigenvalue weighted by Crippen LogP contribution is 2.26. The smallest absolute Gasteiger partial charge is 0.119 e. The molecule has 0 aliphatic carbocycles. The third-order valence-electron chi connectivity index (χ3n) is 5.04. The lowest BCUT2D eigenvalue weighted by Gasteiger charge is -2.14. The standard InChI is InChI=1S/C26H28O3/c1-19(23-9-13-25(28-3)14-10-23)15-22-16-21(17-26(18-22)29-4)6-5-20-7-11-24(27-2)12-8-20/h5-14,16-19H,15H2,1-4H3/b6-5+. The van der Waals surface area contributed by atoms with Gasteiger partial charge >= 0.3 is 0 Å². The van der Waals surface area contributed by atoms with Gasteiger partial charge < -0.3 is 14.2 Å². The second kappa shape index (κ2) is 9.83. The zero-order valence-corrected chi connectivity index (χ0v) is 17.5. The SMILES string of the molecule is COc1ccc(/C=C/c2cc(CC(C)c3ccc(OC)cc3)cc(OC)c2)cc1. The highest BCUT2D eigenvalue weighted by Gasteiger charge is 2.09. The summed E-state index contributed by atoms with van der Waals surface area (Å²) >= 11 is 0. The predicted octanol–water partition coefficient (Wildman–Crippen LogP) is 6.23. The van der Waals surface area contributed by atoms with E-state index in [1.807, 2.05) is 36.4 Å². The van der Waals surface area contributed by atoms with E-state index in [0.29, 0.717) is 5.92 Å². The van der Waals surface area contributed by atoms with Crippen molar-refractivity contribution in [2.24, 2.45) is 0 Å². The van der Waals surface area contributed by atoms with Gasteiger partial charge in [0, 0.05) is 0 Å². The summed E-state index contributed by atoms with van der Waals surface area (Å²) in [6, 6.07) is 22.7. The summed E-state index contributed by atoms with van der Waals surface area (Å²) < 4.78 is 16.0. The third-order valence-corrected chi connectivity index (χ3v) is 5.04. The minimum atomic E-state index is 0.395. The molecule has 3 heteroatoms. The molecule has 0 N–H and O–H groups in total. The van der Waals surface area contributed by atoms with E-state index < -0.39 is 0 Å². The number of ether oxygens (including phenoxy) is 3. The first kappa shape index (κ1) is 20.5. The predicted molar refractivity (Wildman–Crippen MR) is 120 cm³/mol. The van der Waals surface area contributed by atoms with Crippen LogP contribution in [0.1, 0.15) is 35.1 Å². The van der Waals surface area contributed by atoms with E-state index in [2.05, 4.69) is 49.4 Å². The van der Waals surface area contributed by atoms with Gasteiger partial charge in [0.15, 0.2) is 0 Å². The summed E-state index contributed by atoms with van der Waals surface area (Å²) in [5, 5.41) is 0. The molecule has 0 heterocycles. The number of hydrogen-bond donors (Lipinski definition) is 0. The fourth-order valence-electron chi connectivity index (χ4n) is 3.33. The molecule has 3 nitrogen and oxygen atoms in total. The lowest BCUT2D eigenvalue weighted by atomic mass is 9.92. The summed E-state index contributed by atoms with van der Waals surface area (Å²) in [4.78, 5) is 0. The highest BCUT2D eigenvalue weighted by atomic mass is 16.5. The Hall–Kier alpha value is -3.20. The van der Waals surface area contributed by atoms with Crippen LogP contribution >= 0.6 is 0 Å². The summed E-state index contributed by atoms with van der Waals surface area (Å²) in [5.74, 6) is 3.01. The van der Waals surface area contributed by atoms with Gasteiger partial charge in [0.1, 0.15) is 17.2 Å². The zero-order chi connectivity index (χ0) is 20.6. The van der Waals surface area contributed by atoms with Gasteiger partial charge in [0.25, 0.3) is 0 Å². The van der Waals surface area contributed by atoms with Crippen LogP contribution in [-0.4, -0.2) is 21.3 Å². The molecule has 1 unspecified atom stereocenters. The van der Waals surface area contributed by atoms with Crippen molar-refractivity contribution in [2.45, 2.75) is 19.3 Å². The van der Waals surface area contributed by atoms with E-state index in [1.54, 1.807) is 21.3 Å². The Morgan fingerprint density at radius 3 is 1.79 bits per heavy atom. The molecule has 0 fully saturated rings. The topological polar surface area (TPSA) is 27.7 Å². The first-order valence-electron chi connectivity index (χ1n) is 9.75. The van der Waals surface area contributed by atoms with Gasteiger partial charge in [-0.2, -0.15) is 0 Å². The van der Waals surface area contributed by atoms with Gasteiger partial charge in [-0.05, 0) is 71.0 Å². The summed E-state index contributed by atoms with van der Waals surface area (Å²) in [7, 11) is 5.08. The number of methoxy groups -OCH3 is 3. The van der Waals surface area contributed by atoms with Crippen LogP contribution < -0.4 is 14.2 Å². The summed E-state index contributed by atoms with van der Waals surface area (Å²) in [6.45, 7) is 2.24. The molecule has 0 bridgehead atoms. The van der Waals surface area contributed by atoms with E-state index in [9.17, 15) is 0 Å². The van der Waals surface area contributed by atoms with Crippen LogP contribution in [0.25, 0.3) is 12.2 Å². The molecule has 1 atom stereocenters. The monoisotopic (exact) mass is 388 g/mol. The molecule has 29 heavy (non-hydrogen) atoms. The van der Waals surface area contributed by atoms with E-state index in [-0.39, 0.29) is 0 Å². The largest absolute Gasteiger partial charge is 0.497 e. The molecule has 0 radical (unpaired) electrons. The van der Waals surface area contributed by atoms with E-state index in [1.165, 1.54) is 11.1 Å². The van der Waals surface area contributed by atoms with Gasteiger partial charge in [0.2, 0.25) is 0 Å². The van der Waals surface area contributed by atoms with Crippen LogP contribution in [0, 0.1) is 0 Å². The average Bonchev–Trinajstić information content (AvgIpc) is 2.77. The second-order valence-electron chi connectivity index (χ2n) is 7.10. The Labute approximate surface area is 173 Å². The normalized spacial score (nSPS) is 12.0. The van der Waals surface area contributed by atoms with Gasteiger partial charge in [-0.25, -0.2) is 0 Å². The molecule has 3 rings (SSSR count). The minimum absolute atomic E-state index is 0.395. The van der Waals surface area contributed by atoms with Gasteiger partial charge in [-0.15, -0.1) is 0 Å². The van der Waals surface area contributed by atoms with Crippen molar-refractivity contribution in [3.63, 3.8) is 0 Å².